The molecule has 0 fully saturated rings. The zero-order chi connectivity index (χ0) is 11.9. The molecule has 0 aromatic rings. The fraction of sp³-hybridized carbons (Fsp3) is 0.667. The molecule has 0 bridgehead atoms. The van der Waals surface area contributed by atoms with E-state index in [1.165, 1.54) is 14.2 Å². The predicted molar refractivity (Wildman–Crippen MR) is 58.6 cm³/mol. The smallest absolute Gasteiger partial charge is 0.252 e. The maximum Gasteiger partial charge on any atom is 0.252 e. The van der Waals surface area contributed by atoms with E-state index in [1.54, 1.807) is 0 Å². The Kier molecular flexibility index (Phi) is 6.32. The summed E-state index contributed by atoms with van der Waals surface area (Å²) in [6.45, 7) is -0.138. The van der Waals surface area contributed by atoms with Gasteiger partial charge in [0.1, 0.15) is 12.5 Å². The Morgan fingerprint density at radius 1 is 1.47 bits per heavy atom. The standard InChI is InChI=1S/C6H13N3O4S2/c1-7-15(11,12)4-8-6(14)9-5(10)3-13-2/h7H,3-4H2,1-2H3,(H2,8,9,10,14). The maximum atomic E-state index is 10.9. The molecule has 7 nitrogen and oxygen atoms in total. The van der Waals surface area contributed by atoms with Crippen LogP contribution in [0, 0.1) is 0 Å². The summed E-state index contributed by atoms with van der Waals surface area (Å²) >= 11 is 4.67. The van der Waals surface area contributed by atoms with Crippen LogP contribution < -0.4 is 15.4 Å². The summed E-state index contributed by atoms with van der Waals surface area (Å²) in [6.07, 6.45) is 0. The Balaban J connectivity index is 3.91. The number of sulfonamides is 1. The number of amides is 1. The van der Waals surface area contributed by atoms with Gasteiger partial charge in [-0.3, -0.25) is 4.79 Å². The second-order valence-electron chi connectivity index (χ2n) is 2.45. The third-order valence-corrected chi connectivity index (χ3v) is 2.65. The highest BCUT2D eigenvalue weighted by atomic mass is 32.2. The van der Waals surface area contributed by atoms with Crippen LogP contribution in [0.4, 0.5) is 0 Å². The van der Waals surface area contributed by atoms with Crippen molar-refractivity contribution in [3.8, 4) is 0 Å². The predicted octanol–water partition coefficient (Wildman–Crippen LogP) is -1.87. The van der Waals surface area contributed by atoms with Crippen LogP contribution in [0.15, 0.2) is 0 Å². The molecule has 0 spiro atoms. The van der Waals surface area contributed by atoms with Gasteiger partial charge in [0.2, 0.25) is 10.0 Å². The molecule has 0 heterocycles. The lowest BCUT2D eigenvalue weighted by Crippen LogP contribution is -2.44. The van der Waals surface area contributed by atoms with Crippen LogP contribution in [0.5, 0.6) is 0 Å². The van der Waals surface area contributed by atoms with Crippen molar-refractivity contribution in [1.82, 2.24) is 15.4 Å². The van der Waals surface area contributed by atoms with Crippen LogP contribution in [-0.4, -0.2) is 46.1 Å². The van der Waals surface area contributed by atoms with Gasteiger partial charge in [0.25, 0.3) is 5.91 Å². The quantitative estimate of drug-likeness (QED) is 0.498. The summed E-state index contributed by atoms with van der Waals surface area (Å²) in [4.78, 5) is 10.9. The zero-order valence-electron chi connectivity index (χ0n) is 8.36. The second kappa shape index (κ2) is 6.67. The number of hydrogen-bond donors (Lipinski definition) is 3. The van der Waals surface area contributed by atoms with E-state index in [0.717, 1.165) is 0 Å². The molecule has 0 unspecified atom stereocenters. The number of methoxy groups -OCH3 is 1. The summed E-state index contributed by atoms with van der Waals surface area (Å²) in [7, 11) is -0.750. The Bertz CT molecular complexity index is 327. The lowest BCUT2D eigenvalue weighted by molar-refractivity contribution is -0.123. The minimum Gasteiger partial charge on any atom is -0.375 e. The fourth-order valence-electron chi connectivity index (χ4n) is 0.571. The summed E-state index contributed by atoms with van der Waals surface area (Å²) in [5.74, 6) is -0.841. The van der Waals surface area contributed by atoms with E-state index in [-0.39, 0.29) is 11.7 Å². The van der Waals surface area contributed by atoms with Gasteiger partial charge < -0.3 is 15.4 Å². The Labute approximate surface area is 93.6 Å². The van der Waals surface area contributed by atoms with Gasteiger partial charge in [0.05, 0.1) is 0 Å². The van der Waals surface area contributed by atoms with Gasteiger partial charge in [0.15, 0.2) is 5.11 Å². The van der Waals surface area contributed by atoms with Crippen LogP contribution in [0.1, 0.15) is 0 Å². The first-order valence-corrected chi connectivity index (χ1v) is 5.95. The average Bonchev–Trinajstić information content (AvgIpc) is 2.15. The van der Waals surface area contributed by atoms with Crippen molar-refractivity contribution in [3.63, 3.8) is 0 Å². The first kappa shape index (κ1) is 14.2. The molecule has 0 saturated heterocycles. The molecule has 15 heavy (non-hydrogen) atoms. The van der Waals surface area contributed by atoms with E-state index in [2.05, 4.69) is 32.3 Å². The van der Waals surface area contributed by atoms with Crippen molar-refractivity contribution < 1.29 is 17.9 Å². The van der Waals surface area contributed by atoms with E-state index in [9.17, 15) is 13.2 Å². The molecule has 0 saturated carbocycles. The van der Waals surface area contributed by atoms with E-state index in [0.29, 0.717) is 0 Å². The molecule has 88 valence electrons. The van der Waals surface area contributed by atoms with Gasteiger partial charge in [-0.1, -0.05) is 0 Å². The van der Waals surface area contributed by atoms with Crippen LogP contribution in [0.25, 0.3) is 0 Å². The minimum absolute atomic E-state index is 0.0594. The zero-order valence-corrected chi connectivity index (χ0v) is 10.00. The average molecular weight is 255 g/mol. The third-order valence-electron chi connectivity index (χ3n) is 1.26. The summed E-state index contributed by atoms with van der Waals surface area (Å²) in [6, 6.07) is 0. The minimum atomic E-state index is -3.39. The van der Waals surface area contributed by atoms with Crippen molar-refractivity contribution in [2.45, 2.75) is 0 Å². The Morgan fingerprint density at radius 2 is 2.07 bits per heavy atom. The maximum absolute atomic E-state index is 10.9. The molecule has 0 aliphatic heterocycles. The molecule has 1 amide bonds. The molecular formula is C6H13N3O4S2. The van der Waals surface area contributed by atoms with Crippen LogP contribution in [0.2, 0.25) is 0 Å². The van der Waals surface area contributed by atoms with E-state index < -0.39 is 21.8 Å². The van der Waals surface area contributed by atoms with Crippen molar-refractivity contribution >= 4 is 33.3 Å². The molecule has 0 atom stereocenters. The van der Waals surface area contributed by atoms with Gasteiger partial charge in [-0.25, -0.2) is 13.1 Å². The number of nitrogens with one attached hydrogen (secondary N) is 3. The normalized spacial score (nSPS) is 10.8. The van der Waals surface area contributed by atoms with Crippen LogP contribution in [0.3, 0.4) is 0 Å². The summed E-state index contributed by atoms with van der Waals surface area (Å²) in [5, 5.41) is 4.54. The monoisotopic (exact) mass is 255 g/mol. The van der Waals surface area contributed by atoms with E-state index in [4.69, 9.17) is 0 Å². The van der Waals surface area contributed by atoms with Crippen molar-refractivity contribution in [1.29, 1.82) is 0 Å². The molecule has 0 aliphatic carbocycles. The summed E-state index contributed by atoms with van der Waals surface area (Å²) in [5.41, 5.74) is 0. The lowest BCUT2D eigenvalue weighted by Gasteiger charge is -2.08. The fourth-order valence-corrected chi connectivity index (χ4v) is 1.33. The first-order valence-electron chi connectivity index (χ1n) is 3.89. The molecule has 9 heteroatoms. The number of carbonyl (C=O) groups excluding carboxylic acids is 1. The van der Waals surface area contributed by atoms with Gasteiger partial charge in [0, 0.05) is 7.11 Å². The van der Waals surface area contributed by atoms with Gasteiger partial charge in [-0.05, 0) is 19.3 Å². The highest BCUT2D eigenvalue weighted by Gasteiger charge is 2.08. The Morgan fingerprint density at radius 3 is 2.53 bits per heavy atom. The van der Waals surface area contributed by atoms with Crippen molar-refractivity contribution in [3.05, 3.63) is 0 Å². The lowest BCUT2D eigenvalue weighted by atomic mass is 10.6. The highest BCUT2D eigenvalue weighted by Crippen LogP contribution is 1.78. The van der Waals surface area contributed by atoms with E-state index in [1.807, 2.05) is 0 Å². The number of thiocarbonyl (C=S) groups is 1. The van der Waals surface area contributed by atoms with E-state index >= 15 is 0 Å². The highest BCUT2D eigenvalue weighted by molar-refractivity contribution is 7.89. The van der Waals surface area contributed by atoms with Crippen LogP contribution >= 0.6 is 12.2 Å². The molecule has 0 aliphatic rings. The molecule has 0 aromatic heterocycles. The van der Waals surface area contributed by atoms with Crippen LogP contribution in [-0.2, 0) is 19.6 Å². The number of hydrogen-bond acceptors (Lipinski definition) is 5. The molecule has 0 radical (unpaired) electrons. The van der Waals surface area contributed by atoms with Crippen molar-refractivity contribution in [2.75, 3.05) is 26.6 Å². The summed E-state index contributed by atoms with van der Waals surface area (Å²) < 4.78 is 28.5. The van der Waals surface area contributed by atoms with Gasteiger partial charge in [-0.15, -0.1) is 0 Å². The molecule has 0 aromatic carbocycles. The second-order valence-corrected chi connectivity index (χ2v) is 4.78. The molecule has 0 rings (SSSR count). The topological polar surface area (TPSA) is 96.5 Å². The number of rotatable bonds is 5. The third kappa shape index (κ3) is 7.19. The van der Waals surface area contributed by atoms with Gasteiger partial charge >= 0.3 is 0 Å². The Hall–Kier alpha value is -0.770. The van der Waals surface area contributed by atoms with Gasteiger partial charge in [-0.2, -0.15) is 0 Å². The molecule has 3 N–H and O–H groups in total. The molecular weight excluding hydrogens is 242 g/mol. The number of ether oxygens (including phenoxy) is 1. The largest absolute Gasteiger partial charge is 0.375 e. The van der Waals surface area contributed by atoms with Crippen molar-refractivity contribution in [2.24, 2.45) is 0 Å². The SMILES string of the molecule is CNS(=O)(=O)CNC(=S)NC(=O)COC. The number of carbonyl (C=O) groups is 1. The first-order chi connectivity index (χ1) is 6.91.